The van der Waals surface area contributed by atoms with E-state index in [1.165, 1.54) is 5.56 Å². The molecule has 3 rings (SSSR count). The molecular weight excluding hydrogens is 326 g/mol. The van der Waals surface area contributed by atoms with Crippen molar-refractivity contribution in [3.8, 4) is 0 Å². The van der Waals surface area contributed by atoms with E-state index in [0.29, 0.717) is 6.54 Å². The molecule has 1 aliphatic rings. The first kappa shape index (κ1) is 16.8. The number of hydrogen-bond donors (Lipinski definition) is 1. The van der Waals surface area contributed by atoms with Crippen LogP contribution in [0.3, 0.4) is 0 Å². The lowest BCUT2D eigenvalue weighted by molar-refractivity contribution is 0.135. The normalized spacial score (nSPS) is 15.5. The standard InChI is InChI=1S/C17H22ClN5O/c1-21-16(6-7-20-21)12-19-17(24)23-10-8-22(9-11-23)13-14-2-4-15(18)5-3-14/h2-7H,8-13H2,1H3,(H,19,24). The molecule has 1 fully saturated rings. The van der Waals surface area contributed by atoms with Crippen LogP contribution in [0.5, 0.6) is 0 Å². The van der Waals surface area contributed by atoms with E-state index in [1.54, 1.807) is 10.9 Å². The lowest BCUT2D eigenvalue weighted by atomic mass is 10.2. The van der Waals surface area contributed by atoms with E-state index < -0.39 is 0 Å². The number of carbonyl (C=O) groups is 1. The predicted octanol–water partition coefficient (Wildman–Crippen LogP) is 2.10. The third-order valence-electron chi connectivity index (χ3n) is 4.32. The van der Waals surface area contributed by atoms with Gasteiger partial charge in [0, 0.05) is 51.0 Å². The Hall–Kier alpha value is -2.05. The maximum Gasteiger partial charge on any atom is 0.317 e. The number of nitrogens with zero attached hydrogens (tertiary/aromatic N) is 4. The summed E-state index contributed by atoms with van der Waals surface area (Å²) in [5.74, 6) is 0. The minimum absolute atomic E-state index is 0.0117. The van der Waals surface area contributed by atoms with Crippen LogP contribution < -0.4 is 5.32 Å². The van der Waals surface area contributed by atoms with E-state index in [0.717, 1.165) is 43.4 Å². The maximum absolute atomic E-state index is 12.3. The molecule has 6 nitrogen and oxygen atoms in total. The van der Waals surface area contributed by atoms with Crippen molar-refractivity contribution in [3.63, 3.8) is 0 Å². The highest BCUT2D eigenvalue weighted by atomic mass is 35.5. The second-order valence-electron chi connectivity index (χ2n) is 5.99. The van der Waals surface area contributed by atoms with E-state index in [-0.39, 0.29) is 6.03 Å². The summed E-state index contributed by atoms with van der Waals surface area (Å²) < 4.78 is 1.77. The maximum atomic E-state index is 12.3. The summed E-state index contributed by atoms with van der Waals surface area (Å²) in [5.41, 5.74) is 2.23. The summed E-state index contributed by atoms with van der Waals surface area (Å²) in [7, 11) is 1.87. The largest absolute Gasteiger partial charge is 0.332 e. The molecule has 0 radical (unpaired) electrons. The molecule has 1 aliphatic heterocycles. The first-order valence-corrected chi connectivity index (χ1v) is 8.46. The van der Waals surface area contributed by atoms with Crippen molar-refractivity contribution in [2.45, 2.75) is 13.1 Å². The number of carbonyl (C=O) groups excluding carboxylic acids is 1. The number of rotatable bonds is 4. The highest BCUT2D eigenvalue weighted by molar-refractivity contribution is 6.30. The van der Waals surface area contributed by atoms with Gasteiger partial charge >= 0.3 is 6.03 Å². The summed E-state index contributed by atoms with van der Waals surface area (Å²) in [5, 5.41) is 7.82. The second kappa shape index (κ2) is 7.68. The summed E-state index contributed by atoms with van der Waals surface area (Å²) in [6.45, 7) is 4.63. The van der Waals surface area contributed by atoms with Gasteiger partial charge in [-0.05, 0) is 23.8 Å². The van der Waals surface area contributed by atoms with Crippen molar-refractivity contribution in [2.24, 2.45) is 7.05 Å². The van der Waals surface area contributed by atoms with Crippen LogP contribution in [0.25, 0.3) is 0 Å². The fourth-order valence-electron chi connectivity index (χ4n) is 2.81. The van der Waals surface area contributed by atoms with E-state index in [9.17, 15) is 4.79 Å². The Morgan fingerprint density at radius 2 is 1.88 bits per heavy atom. The molecule has 0 atom stereocenters. The molecule has 0 bridgehead atoms. The highest BCUT2D eigenvalue weighted by Gasteiger charge is 2.21. The van der Waals surface area contributed by atoms with Crippen molar-refractivity contribution >= 4 is 17.6 Å². The molecule has 2 aromatic rings. The van der Waals surface area contributed by atoms with Gasteiger partial charge in [-0.2, -0.15) is 5.10 Å². The number of hydrogen-bond acceptors (Lipinski definition) is 3. The van der Waals surface area contributed by atoms with Gasteiger partial charge in [0.2, 0.25) is 0 Å². The average molecular weight is 348 g/mol. The third kappa shape index (κ3) is 4.27. The van der Waals surface area contributed by atoms with E-state index in [2.05, 4.69) is 27.4 Å². The minimum Gasteiger partial charge on any atom is -0.332 e. The van der Waals surface area contributed by atoms with Gasteiger partial charge < -0.3 is 10.2 Å². The van der Waals surface area contributed by atoms with Gasteiger partial charge in [0.15, 0.2) is 0 Å². The van der Waals surface area contributed by atoms with Crippen molar-refractivity contribution in [2.75, 3.05) is 26.2 Å². The zero-order chi connectivity index (χ0) is 16.9. The van der Waals surface area contributed by atoms with Crippen molar-refractivity contribution < 1.29 is 4.79 Å². The minimum atomic E-state index is -0.0117. The number of nitrogens with one attached hydrogen (secondary N) is 1. The van der Waals surface area contributed by atoms with Crippen LogP contribution in [0.2, 0.25) is 5.02 Å². The van der Waals surface area contributed by atoms with Crippen LogP contribution in [0.1, 0.15) is 11.3 Å². The summed E-state index contributed by atoms with van der Waals surface area (Å²) in [6, 6.07) is 9.83. The van der Waals surface area contributed by atoms with E-state index in [1.807, 2.05) is 30.1 Å². The zero-order valence-electron chi connectivity index (χ0n) is 13.8. The Morgan fingerprint density at radius 1 is 1.17 bits per heavy atom. The van der Waals surface area contributed by atoms with Gasteiger partial charge in [-0.25, -0.2) is 4.79 Å². The fourth-order valence-corrected chi connectivity index (χ4v) is 2.94. The quantitative estimate of drug-likeness (QED) is 0.921. The smallest absolute Gasteiger partial charge is 0.317 e. The molecule has 0 aliphatic carbocycles. The Labute approximate surface area is 147 Å². The molecule has 2 heterocycles. The van der Waals surface area contributed by atoms with Crippen LogP contribution in [0.15, 0.2) is 36.5 Å². The lowest BCUT2D eigenvalue weighted by Gasteiger charge is -2.34. The first-order chi connectivity index (χ1) is 11.6. The molecule has 0 spiro atoms. The Bertz CT molecular complexity index is 677. The lowest BCUT2D eigenvalue weighted by Crippen LogP contribution is -2.51. The van der Waals surface area contributed by atoms with E-state index >= 15 is 0 Å². The van der Waals surface area contributed by atoms with Crippen LogP contribution in [-0.2, 0) is 20.1 Å². The summed E-state index contributed by atoms with van der Waals surface area (Å²) >= 11 is 5.91. The topological polar surface area (TPSA) is 53.4 Å². The van der Waals surface area contributed by atoms with Gasteiger partial charge in [-0.15, -0.1) is 0 Å². The Morgan fingerprint density at radius 3 is 2.50 bits per heavy atom. The molecule has 128 valence electrons. The molecular formula is C17H22ClN5O. The Balaban J connectivity index is 1.43. The SMILES string of the molecule is Cn1nccc1CNC(=O)N1CCN(Cc2ccc(Cl)cc2)CC1. The molecule has 7 heteroatoms. The molecule has 2 amide bonds. The summed E-state index contributed by atoms with van der Waals surface area (Å²) in [4.78, 5) is 16.5. The number of halogens is 1. The van der Waals surface area contributed by atoms with Crippen LogP contribution in [0.4, 0.5) is 4.79 Å². The zero-order valence-corrected chi connectivity index (χ0v) is 14.5. The number of aromatic nitrogens is 2. The van der Waals surface area contributed by atoms with Crippen LogP contribution in [-0.4, -0.2) is 51.8 Å². The van der Waals surface area contributed by atoms with Gasteiger partial charge in [0.05, 0.1) is 12.2 Å². The number of aryl methyl sites for hydroxylation is 1. The third-order valence-corrected chi connectivity index (χ3v) is 4.57. The predicted molar refractivity (Wildman–Crippen MR) is 93.7 cm³/mol. The molecule has 1 saturated heterocycles. The second-order valence-corrected chi connectivity index (χ2v) is 6.43. The van der Waals surface area contributed by atoms with E-state index in [4.69, 9.17) is 11.6 Å². The van der Waals surface area contributed by atoms with Crippen molar-refractivity contribution in [3.05, 3.63) is 52.8 Å². The van der Waals surface area contributed by atoms with Gasteiger partial charge in [0.25, 0.3) is 0 Å². The molecule has 1 N–H and O–H groups in total. The molecule has 0 saturated carbocycles. The summed E-state index contributed by atoms with van der Waals surface area (Å²) in [6.07, 6.45) is 1.73. The highest BCUT2D eigenvalue weighted by Crippen LogP contribution is 2.13. The number of piperazine rings is 1. The molecule has 1 aromatic carbocycles. The monoisotopic (exact) mass is 347 g/mol. The van der Waals surface area contributed by atoms with Crippen LogP contribution >= 0.6 is 11.6 Å². The van der Waals surface area contributed by atoms with Gasteiger partial charge in [-0.1, -0.05) is 23.7 Å². The fraction of sp³-hybridized carbons (Fsp3) is 0.412. The molecule has 0 unspecified atom stereocenters. The van der Waals surface area contributed by atoms with Gasteiger partial charge in [-0.3, -0.25) is 9.58 Å². The van der Waals surface area contributed by atoms with Crippen molar-refractivity contribution in [1.82, 2.24) is 24.9 Å². The Kier molecular flexibility index (Phi) is 5.37. The number of benzene rings is 1. The van der Waals surface area contributed by atoms with Gasteiger partial charge in [0.1, 0.15) is 0 Å². The molecule has 1 aromatic heterocycles. The average Bonchev–Trinajstić information content (AvgIpc) is 3.00. The first-order valence-electron chi connectivity index (χ1n) is 8.08. The molecule has 24 heavy (non-hydrogen) atoms. The number of urea groups is 1. The van der Waals surface area contributed by atoms with Crippen LogP contribution in [0, 0.1) is 0 Å². The van der Waals surface area contributed by atoms with Crippen molar-refractivity contribution in [1.29, 1.82) is 0 Å². The number of amides is 2.